The number of carbonyl (C=O) groups is 4. The number of hydrogen-bond donors (Lipinski definition) is 9. The smallest absolute Gasteiger partial charge is 0.326 e. The number of phenols is 1. The molecule has 1 aromatic heterocycles. The number of aromatic hydroxyl groups is 1. The normalized spacial score (nSPS) is 13.8. The molecule has 4 unspecified atom stereocenters. The second kappa shape index (κ2) is 16.1. The Balaban J connectivity index is 1.72. The fourth-order valence-corrected chi connectivity index (χ4v) is 4.80. The summed E-state index contributed by atoms with van der Waals surface area (Å²) in [5.74, 6) is -3.59. The number of aromatic amines is 1. The second-order valence-corrected chi connectivity index (χ2v) is 11.2. The number of nitrogens with two attached hydrogens (primary N) is 3. The molecule has 0 aliphatic carbocycles. The monoisotopic (exact) mass is 622 g/mol. The molecule has 0 saturated heterocycles. The van der Waals surface area contributed by atoms with Crippen LogP contribution in [0.5, 0.6) is 5.75 Å². The van der Waals surface area contributed by atoms with Gasteiger partial charge in [-0.25, -0.2) is 4.79 Å². The van der Waals surface area contributed by atoms with Gasteiger partial charge in [-0.2, -0.15) is 0 Å². The summed E-state index contributed by atoms with van der Waals surface area (Å²) >= 11 is 0. The first-order valence-corrected chi connectivity index (χ1v) is 14.6. The van der Waals surface area contributed by atoms with Crippen molar-refractivity contribution in [2.45, 2.75) is 63.7 Å². The highest BCUT2D eigenvalue weighted by Gasteiger charge is 2.32. The van der Waals surface area contributed by atoms with Crippen LogP contribution >= 0.6 is 0 Å². The minimum atomic E-state index is -1.28. The number of H-pyrrole nitrogens is 1. The number of aromatic nitrogens is 1. The van der Waals surface area contributed by atoms with E-state index in [0.717, 1.165) is 16.5 Å². The van der Waals surface area contributed by atoms with Crippen molar-refractivity contribution in [1.29, 1.82) is 0 Å². The van der Waals surface area contributed by atoms with Crippen molar-refractivity contribution in [2.75, 3.05) is 6.54 Å². The predicted molar refractivity (Wildman–Crippen MR) is 170 cm³/mol. The van der Waals surface area contributed by atoms with Gasteiger partial charge in [-0.15, -0.1) is 0 Å². The first-order chi connectivity index (χ1) is 21.3. The van der Waals surface area contributed by atoms with E-state index in [4.69, 9.17) is 17.2 Å². The molecule has 45 heavy (non-hydrogen) atoms. The number of carbonyl (C=O) groups excluding carboxylic acids is 3. The topological polar surface area (TPSA) is 251 Å². The van der Waals surface area contributed by atoms with Crippen LogP contribution in [0.3, 0.4) is 0 Å². The number of nitrogens with one attached hydrogen (secondary N) is 4. The molecule has 0 saturated carbocycles. The summed E-state index contributed by atoms with van der Waals surface area (Å²) < 4.78 is 0. The molecule has 2 aromatic carbocycles. The van der Waals surface area contributed by atoms with Gasteiger partial charge in [0.25, 0.3) is 0 Å². The Morgan fingerprint density at radius 3 is 2.20 bits per heavy atom. The van der Waals surface area contributed by atoms with Crippen LogP contribution < -0.4 is 33.2 Å². The number of rotatable bonds is 16. The fraction of sp³-hybridized carbons (Fsp3) is 0.387. The molecule has 14 nitrogen and oxygen atoms in total. The molecule has 14 heteroatoms. The highest BCUT2D eigenvalue weighted by Crippen LogP contribution is 2.19. The Hall–Kier alpha value is -5.11. The zero-order valence-corrected chi connectivity index (χ0v) is 25.3. The van der Waals surface area contributed by atoms with E-state index < -0.39 is 47.9 Å². The lowest BCUT2D eigenvalue weighted by Gasteiger charge is -2.27. The Labute approximate surface area is 260 Å². The first-order valence-electron chi connectivity index (χ1n) is 14.6. The van der Waals surface area contributed by atoms with Crippen LogP contribution in [0.1, 0.15) is 37.8 Å². The Morgan fingerprint density at radius 1 is 0.889 bits per heavy atom. The number of fused-ring (bicyclic) bond motifs is 1. The molecule has 3 amide bonds. The maximum absolute atomic E-state index is 13.5. The third-order valence-corrected chi connectivity index (χ3v) is 7.27. The predicted octanol–water partition coefficient (Wildman–Crippen LogP) is 0.235. The van der Waals surface area contributed by atoms with E-state index in [-0.39, 0.29) is 43.4 Å². The lowest BCUT2D eigenvalue weighted by atomic mass is 10.00. The molecule has 0 fully saturated rings. The molecule has 0 spiro atoms. The molecule has 3 aromatic rings. The van der Waals surface area contributed by atoms with Crippen molar-refractivity contribution in [3.05, 3.63) is 65.9 Å². The van der Waals surface area contributed by atoms with Crippen LogP contribution in [0.25, 0.3) is 10.9 Å². The minimum absolute atomic E-state index is 0.00332. The van der Waals surface area contributed by atoms with Gasteiger partial charge in [0.15, 0.2) is 5.96 Å². The van der Waals surface area contributed by atoms with Crippen LogP contribution in [0.2, 0.25) is 0 Å². The van der Waals surface area contributed by atoms with Gasteiger partial charge in [0.2, 0.25) is 17.7 Å². The van der Waals surface area contributed by atoms with E-state index in [1.807, 2.05) is 24.3 Å². The molecule has 0 bridgehead atoms. The van der Waals surface area contributed by atoms with Gasteiger partial charge in [0, 0.05) is 30.1 Å². The van der Waals surface area contributed by atoms with Crippen molar-refractivity contribution in [1.82, 2.24) is 20.9 Å². The fourth-order valence-electron chi connectivity index (χ4n) is 4.80. The van der Waals surface area contributed by atoms with Gasteiger partial charge < -0.3 is 48.3 Å². The van der Waals surface area contributed by atoms with Crippen molar-refractivity contribution in [3.8, 4) is 5.75 Å². The molecule has 12 N–H and O–H groups in total. The molecule has 242 valence electrons. The van der Waals surface area contributed by atoms with Gasteiger partial charge in [-0.05, 0) is 54.5 Å². The number of carboxylic acid groups (broad SMARTS) is 1. The van der Waals surface area contributed by atoms with E-state index in [1.54, 1.807) is 32.2 Å². The molecule has 0 aliphatic rings. The largest absolute Gasteiger partial charge is 0.508 e. The number of aliphatic imine (C=N–C) groups is 1. The van der Waals surface area contributed by atoms with E-state index in [1.165, 1.54) is 12.1 Å². The minimum Gasteiger partial charge on any atom is -0.508 e. The standard InChI is InChI=1S/C31H42N8O6/c1-17(2)26(39-27(41)22(32)14-18-9-11-20(40)12-10-18)29(43)37-24(8-5-13-35-31(33)34)28(42)38-25(30(44)45)15-19-16-36-23-7-4-3-6-21(19)23/h3-4,6-7,9-12,16-17,22,24-26,36,40H,5,8,13-15,32H2,1-2H3,(H,37,43)(H,38,42)(H,39,41)(H,44,45)(H4,33,34,35). The number of guanidine groups is 1. The maximum Gasteiger partial charge on any atom is 0.326 e. The molecule has 0 aliphatic heterocycles. The van der Waals surface area contributed by atoms with Crippen molar-refractivity contribution < 1.29 is 29.4 Å². The van der Waals surface area contributed by atoms with Gasteiger partial charge in [0.05, 0.1) is 6.04 Å². The lowest BCUT2D eigenvalue weighted by Crippen LogP contribution is -2.58. The van der Waals surface area contributed by atoms with Crippen molar-refractivity contribution in [2.24, 2.45) is 28.1 Å². The van der Waals surface area contributed by atoms with E-state index in [2.05, 4.69) is 25.9 Å². The molecule has 0 radical (unpaired) electrons. The summed E-state index contributed by atoms with van der Waals surface area (Å²) in [4.78, 5) is 59.0. The van der Waals surface area contributed by atoms with Gasteiger partial charge >= 0.3 is 5.97 Å². The summed E-state index contributed by atoms with van der Waals surface area (Å²) in [6.45, 7) is 3.63. The van der Waals surface area contributed by atoms with Gasteiger partial charge in [-0.1, -0.05) is 44.2 Å². The van der Waals surface area contributed by atoms with Crippen LogP contribution in [0.15, 0.2) is 59.7 Å². The summed E-state index contributed by atoms with van der Waals surface area (Å²) in [6.07, 6.45) is 2.26. The number of amides is 3. The Morgan fingerprint density at radius 2 is 1.56 bits per heavy atom. The number of nitrogens with zero attached hydrogens (tertiary/aromatic N) is 1. The SMILES string of the molecule is CC(C)C(NC(=O)C(N)Cc1ccc(O)cc1)C(=O)NC(CCCN=C(N)N)C(=O)NC(Cc1c[nH]c2ccccc12)C(=O)O. The van der Waals surface area contributed by atoms with Gasteiger partial charge in [-0.3, -0.25) is 19.4 Å². The Kier molecular flexibility index (Phi) is 12.3. The average Bonchev–Trinajstić information content (AvgIpc) is 3.40. The summed E-state index contributed by atoms with van der Waals surface area (Å²) in [5.41, 5.74) is 19.2. The third-order valence-electron chi connectivity index (χ3n) is 7.27. The van der Waals surface area contributed by atoms with E-state index in [0.29, 0.717) is 12.0 Å². The van der Waals surface area contributed by atoms with Crippen LogP contribution in [-0.4, -0.2) is 75.6 Å². The molecule has 1 heterocycles. The van der Waals surface area contributed by atoms with E-state index in [9.17, 15) is 29.4 Å². The summed E-state index contributed by atoms with van der Waals surface area (Å²) in [5, 5.41) is 28.2. The second-order valence-electron chi connectivity index (χ2n) is 11.2. The molecule has 4 atom stereocenters. The zero-order chi connectivity index (χ0) is 33.1. The van der Waals surface area contributed by atoms with Crippen LogP contribution in [-0.2, 0) is 32.0 Å². The highest BCUT2D eigenvalue weighted by molar-refractivity contribution is 5.94. The Bertz CT molecular complexity index is 1500. The summed E-state index contributed by atoms with van der Waals surface area (Å²) in [6, 6.07) is 9.19. The quantitative estimate of drug-likeness (QED) is 0.0601. The van der Waals surface area contributed by atoms with Crippen molar-refractivity contribution in [3.63, 3.8) is 0 Å². The van der Waals surface area contributed by atoms with Gasteiger partial charge in [0.1, 0.15) is 23.9 Å². The number of carboxylic acids is 1. The third kappa shape index (κ3) is 10.2. The number of benzene rings is 2. The molecule has 3 rings (SSSR count). The molecular weight excluding hydrogens is 580 g/mol. The zero-order valence-electron chi connectivity index (χ0n) is 25.3. The first kappa shape index (κ1) is 34.4. The number of hydrogen-bond acceptors (Lipinski definition) is 7. The highest BCUT2D eigenvalue weighted by atomic mass is 16.4. The van der Waals surface area contributed by atoms with Crippen molar-refractivity contribution >= 4 is 40.6 Å². The number of para-hydroxylation sites is 1. The van der Waals surface area contributed by atoms with Crippen LogP contribution in [0.4, 0.5) is 0 Å². The average molecular weight is 623 g/mol. The number of phenolic OH excluding ortho intramolecular Hbond substituents is 1. The lowest BCUT2D eigenvalue weighted by molar-refractivity contribution is -0.142. The number of aliphatic carboxylic acids is 1. The summed E-state index contributed by atoms with van der Waals surface area (Å²) in [7, 11) is 0. The maximum atomic E-state index is 13.5. The van der Waals surface area contributed by atoms with Crippen LogP contribution in [0, 0.1) is 5.92 Å². The molecular formula is C31H42N8O6. The van der Waals surface area contributed by atoms with E-state index >= 15 is 0 Å².